The van der Waals surface area contributed by atoms with E-state index in [0.29, 0.717) is 17.4 Å². The minimum Gasteiger partial charge on any atom is -0.335 e. The van der Waals surface area contributed by atoms with Crippen molar-refractivity contribution in [1.29, 1.82) is 0 Å². The molecule has 3 aliphatic heterocycles. The molecule has 138 valence electrons. The highest BCUT2D eigenvalue weighted by atomic mass is 16.2. The van der Waals surface area contributed by atoms with Crippen LogP contribution in [0.4, 0.5) is 11.4 Å². The molecule has 2 atom stereocenters. The van der Waals surface area contributed by atoms with Crippen LogP contribution in [0.3, 0.4) is 0 Å². The lowest BCUT2D eigenvalue weighted by molar-refractivity contribution is -0.135. The molecule has 3 aliphatic rings. The fourth-order valence-electron chi connectivity index (χ4n) is 4.32. The van der Waals surface area contributed by atoms with Gasteiger partial charge in [0.1, 0.15) is 6.54 Å². The zero-order chi connectivity index (χ0) is 18.1. The minimum absolute atomic E-state index is 0.00290. The number of fused-ring (bicyclic) bond motifs is 3. The van der Waals surface area contributed by atoms with E-state index in [4.69, 9.17) is 0 Å². The molecule has 3 heterocycles. The third-order valence-corrected chi connectivity index (χ3v) is 5.57. The van der Waals surface area contributed by atoms with Crippen molar-refractivity contribution in [3.05, 3.63) is 24.3 Å². The SMILES string of the molecule is O=C1CN(C(=O)CCC(=O)N2C3CCNCC2CC3)c2ccccc2N1. The largest absolute Gasteiger partial charge is 0.335 e. The fraction of sp³-hybridized carbons (Fsp3) is 0.526. The van der Waals surface area contributed by atoms with Crippen molar-refractivity contribution in [2.45, 2.75) is 44.2 Å². The second kappa shape index (κ2) is 7.07. The molecule has 2 fully saturated rings. The standard InChI is InChI=1S/C19H24N4O3/c24-17-12-22(16-4-2-1-3-15(16)21-17)18(25)7-8-19(26)23-13-5-6-14(23)11-20-10-9-13/h1-4,13-14,20H,5-12H2,(H,21,24). The van der Waals surface area contributed by atoms with E-state index in [1.54, 1.807) is 6.07 Å². The Morgan fingerprint density at radius 3 is 2.69 bits per heavy atom. The zero-order valence-corrected chi connectivity index (χ0v) is 14.7. The number of nitrogens with one attached hydrogen (secondary N) is 2. The summed E-state index contributed by atoms with van der Waals surface area (Å²) in [7, 11) is 0. The maximum absolute atomic E-state index is 12.8. The van der Waals surface area contributed by atoms with E-state index >= 15 is 0 Å². The first-order valence-corrected chi connectivity index (χ1v) is 9.34. The summed E-state index contributed by atoms with van der Waals surface area (Å²) in [5.74, 6) is -0.328. The van der Waals surface area contributed by atoms with Gasteiger partial charge in [-0.25, -0.2) is 0 Å². The first kappa shape index (κ1) is 17.0. The zero-order valence-electron chi connectivity index (χ0n) is 14.7. The van der Waals surface area contributed by atoms with Crippen LogP contribution in [-0.4, -0.2) is 54.3 Å². The Bertz CT molecular complexity index is 721. The predicted molar refractivity (Wildman–Crippen MR) is 97.8 cm³/mol. The Morgan fingerprint density at radius 1 is 1.04 bits per heavy atom. The van der Waals surface area contributed by atoms with Crippen molar-refractivity contribution in [1.82, 2.24) is 10.2 Å². The molecular weight excluding hydrogens is 332 g/mol. The molecule has 0 spiro atoms. The second-order valence-corrected chi connectivity index (χ2v) is 7.22. The van der Waals surface area contributed by atoms with E-state index in [0.717, 1.165) is 32.4 Å². The molecule has 0 saturated carbocycles. The quantitative estimate of drug-likeness (QED) is 0.850. The summed E-state index contributed by atoms with van der Waals surface area (Å²) >= 11 is 0. The number of amides is 3. The van der Waals surface area contributed by atoms with Crippen LogP contribution in [0.15, 0.2) is 24.3 Å². The van der Waals surface area contributed by atoms with Crippen molar-refractivity contribution in [2.24, 2.45) is 0 Å². The molecule has 0 aromatic heterocycles. The minimum atomic E-state index is -0.208. The molecule has 2 saturated heterocycles. The molecule has 0 aliphatic carbocycles. The molecule has 0 radical (unpaired) electrons. The van der Waals surface area contributed by atoms with Crippen molar-refractivity contribution in [3.63, 3.8) is 0 Å². The summed E-state index contributed by atoms with van der Waals surface area (Å²) in [4.78, 5) is 40.8. The molecular formula is C19H24N4O3. The van der Waals surface area contributed by atoms with Gasteiger partial charge in [-0.2, -0.15) is 0 Å². The highest BCUT2D eigenvalue weighted by Gasteiger charge is 2.38. The van der Waals surface area contributed by atoms with Gasteiger partial charge in [0.05, 0.1) is 11.4 Å². The highest BCUT2D eigenvalue weighted by Crippen LogP contribution is 2.31. The number of hydrogen-bond acceptors (Lipinski definition) is 4. The van der Waals surface area contributed by atoms with Gasteiger partial charge in [-0.3, -0.25) is 14.4 Å². The van der Waals surface area contributed by atoms with Crippen LogP contribution in [0.1, 0.15) is 32.1 Å². The Hall–Kier alpha value is -2.41. The number of hydrogen-bond donors (Lipinski definition) is 2. The molecule has 7 heteroatoms. The first-order chi connectivity index (χ1) is 12.6. The van der Waals surface area contributed by atoms with Crippen LogP contribution in [-0.2, 0) is 14.4 Å². The molecule has 1 aromatic rings. The molecule has 7 nitrogen and oxygen atoms in total. The van der Waals surface area contributed by atoms with Gasteiger partial charge in [-0.15, -0.1) is 0 Å². The summed E-state index contributed by atoms with van der Waals surface area (Å²) in [6.07, 6.45) is 3.41. The molecule has 1 aromatic carbocycles. The molecule has 2 unspecified atom stereocenters. The maximum atomic E-state index is 12.8. The van der Waals surface area contributed by atoms with Crippen LogP contribution < -0.4 is 15.5 Å². The van der Waals surface area contributed by atoms with Crippen LogP contribution >= 0.6 is 0 Å². The highest BCUT2D eigenvalue weighted by molar-refractivity contribution is 6.10. The van der Waals surface area contributed by atoms with Crippen LogP contribution in [0.25, 0.3) is 0 Å². The smallest absolute Gasteiger partial charge is 0.244 e. The third-order valence-electron chi connectivity index (χ3n) is 5.57. The lowest BCUT2D eigenvalue weighted by Gasteiger charge is -2.30. The van der Waals surface area contributed by atoms with Crippen LogP contribution in [0.2, 0.25) is 0 Å². The Kier molecular flexibility index (Phi) is 4.63. The van der Waals surface area contributed by atoms with Gasteiger partial charge < -0.3 is 20.4 Å². The van der Waals surface area contributed by atoms with Crippen LogP contribution in [0, 0.1) is 0 Å². The Morgan fingerprint density at radius 2 is 1.81 bits per heavy atom. The third kappa shape index (κ3) is 3.19. The van der Waals surface area contributed by atoms with Gasteiger partial charge in [-0.05, 0) is 37.9 Å². The topological polar surface area (TPSA) is 81.8 Å². The number of nitrogens with zero attached hydrogens (tertiary/aromatic N) is 2. The van der Waals surface area contributed by atoms with Gasteiger partial charge in [0.2, 0.25) is 17.7 Å². The number of rotatable bonds is 3. The molecule has 26 heavy (non-hydrogen) atoms. The van der Waals surface area contributed by atoms with Gasteiger partial charge in [0.15, 0.2) is 0 Å². The summed E-state index contributed by atoms with van der Waals surface area (Å²) in [5, 5.41) is 6.16. The van der Waals surface area contributed by atoms with Crippen molar-refractivity contribution in [3.8, 4) is 0 Å². The lowest BCUT2D eigenvalue weighted by atomic mass is 10.1. The normalized spacial score (nSPS) is 24.7. The van der Waals surface area contributed by atoms with E-state index in [1.807, 2.05) is 23.1 Å². The molecule has 4 rings (SSSR count). The van der Waals surface area contributed by atoms with Crippen LogP contribution in [0.5, 0.6) is 0 Å². The second-order valence-electron chi connectivity index (χ2n) is 7.22. The number of carbonyl (C=O) groups excluding carboxylic acids is 3. The van der Waals surface area contributed by atoms with Crippen molar-refractivity contribution >= 4 is 29.1 Å². The first-order valence-electron chi connectivity index (χ1n) is 9.34. The summed E-state index contributed by atoms with van der Waals surface area (Å²) in [6.45, 7) is 1.79. The van der Waals surface area contributed by atoms with Gasteiger partial charge >= 0.3 is 0 Å². The van der Waals surface area contributed by atoms with Gasteiger partial charge in [-0.1, -0.05) is 12.1 Å². The van der Waals surface area contributed by atoms with E-state index in [1.165, 1.54) is 4.90 Å². The predicted octanol–water partition coefficient (Wildman–Crippen LogP) is 1.10. The number of para-hydroxylation sites is 2. The van der Waals surface area contributed by atoms with Crippen molar-refractivity contribution < 1.29 is 14.4 Å². The summed E-state index contributed by atoms with van der Waals surface area (Å²) in [6, 6.07) is 7.81. The number of anilines is 2. The molecule has 2 bridgehead atoms. The average Bonchev–Trinajstić information content (AvgIpc) is 2.91. The summed E-state index contributed by atoms with van der Waals surface area (Å²) < 4.78 is 0. The number of carbonyl (C=O) groups is 3. The molecule has 3 amide bonds. The molecule has 2 N–H and O–H groups in total. The lowest BCUT2D eigenvalue weighted by Crippen LogP contribution is -2.44. The van der Waals surface area contributed by atoms with Crippen molar-refractivity contribution in [2.75, 3.05) is 29.9 Å². The average molecular weight is 356 g/mol. The van der Waals surface area contributed by atoms with Gasteiger partial charge in [0, 0.05) is 31.5 Å². The van der Waals surface area contributed by atoms with E-state index < -0.39 is 0 Å². The van der Waals surface area contributed by atoms with Gasteiger partial charge in [0.25, 0.3) is 0 Å². The van der Waals surface area contributed by atoms with E-state index in [-0.39, 0.29) is 43.1 Å². The summed E-state index contributed by atoms with van der Waals surface area (Å²) in [5.41, 5.74) is 1.34. The Balaban J connectivity index is 1.41. The number of benzene rings is 1. The van der Waals surface area contributed by atoms with E-state index in [9.17, 15) is 14.4 Å². The fourth-order valence-corrected chi connectivity index (χ4v) is 4.32. The Labute approximate surface area is 152 Å². The van der Waals surface area contributed by atoms with E-state index in [2.05, 4.69) is 10.6 Å². The maximum Gasteiger partial charge on any atom is 0.244 e. The monoisotopic (exact) mass is 356 g/mol.